The van der Waals surface area contributed by atoms with Crippen LogP contribution in [-0.4, -0.2) is 28.8 Å². The highest BCUT2D eigenvalue weighted by Crippen LogP contribution is 2.25. The first-order valence-corrected chi connectivity index (χ1v) is 6.87. The molecular formula is C10H21NOS. The molecule has 0 saturated heterocycles. The van der Waals surface area contributed by atoms with Gasteiger partial charge in [-0.1, -0.05) is 19.8 Å². The first-order valence-electron chi connectivity index (χ1n) is 5.38. The van der Waals surface area contributed by atoms with Crippen molar-refractivity contribution in [2.45, 2.75) is 32.6 Å². The summed E-state index contributed by atoms with van der Waals surface area (Å²) in [6, 6.07) is 0. The van der Waals surface area contributed by atoms with Gasteiger partial charge in [0.1, 0.15) is 0 Å². The molecule has 2 nitrogen and oxygen atoms in total. The zero-order chi connectivity index (χ0) is 9.52. The maximum atomic E-state index is 11.5. The second-order valence-electron chi connectivity index (χ2n) is 3.81. The van der Waals surface area contributed by atoms with E-state index in [0.29, 0.717) is 0 Å². The number of hydrogen-bond donors (Lipinski definition) is 1. The van der Waals surface area contributed by atoms with Crippen molar-refractivity contribution in [1.82, 2.24) is 5.32 Å². The predicted molar refractivity (Wildman–Crippen MR) is 58.4 cm³/mol. The van der Waals surface area contributed by atoms with Crippen molar-refractivity contribution in [3.63, 3.8) is 0 Å². The van der Waals surface area contributed by atoms with Crippen molar-refractivity contribution in [1.29, 1.82) is 0 Å². The maximum Gasteiger partial charge on any atom is 0.0360 e. The molecule has 1 aliphatic carbocycles. The third kappa shape index (κ3) is 4.77. The van der Waals surface area contributed by atoms with Crippen molar-refractivity contribution in [3.8, 4) is 0 Å². The van der Waals surface area contributed by atoms with E-state index in [1.165, 1.54) is 25.7 Å². The van der Waals surface area contributed by atoms with Crippen molar-refractivity contribution in [3.05, 3.63) is 0 Å². The van der Waals surface area contributed by atoms with Crippen molar-refractivity contribution in [2.24, 2.45) is 5.92 Å². The number of hydrogen-bond acceptors (Lipinski definition) is 2. The normalized spacial score (nSPS) is 20.7. The lowest BCUT2D eigenvalue weighted by molar-refractivity contribution is 0.603. The highest BCUT2D eigenvalue weighted by molar-refractivity contribution is 7.85. The van der Waals surface area contributed by atoms with E-state index in [0.717, 1.165) is 30.5 Å². The van der Waals surface area contributed by atoms with Gasteiger partial charge in [0.05, 0.1) is 0 Å². The van der Waals surface area contributed by atoms with E-state index < -0.39 is 10.8 Å². The third-order valence-corrected chi connectivity index (χ3v) is 4.16. The Morgan fingerprint density at radius 3 is 2.69 bits per heavy atom. The highest BCUT2D eigenvalue weighted by atomic mass is 32.2. The summed E-state index contributed by atoms with van der Waals surface area (Å²) < 4.78 is 11.5. The van der Waals surface area contributed by atoms with Crippen LogP contribution in [0.15, 0.2) is 0 Å². The Kier molecular flexibility index (Phi) is 5.63. The molecular weight excluding hydrogens is 182 g/mol. The van der Waals surface area contributed by atoms with Gasteiger partial charge in [-0.3, -0.25) is 4.21 Å². The molecule has 1 saturated carbocycles. The fourth-order valence-corrected chi connectivity index (χ4v) is 3.28. The van der Waals surface area contributed by atoms with Crippen LogP contribution in [0.4, 0.5) is 0 Å². The van der Waals surface area contributed by atoms with Crippen LogP contribution >= 0.6 is 0 Å². The Morgan fingerprint density at radius 2 is 2.08 bits per heavy atom. The van der Waals surface area contributed by atoms with Gasteiger partial charge in [-0.25, -0.2) is 0 Å². The van der Waals surface area contributed by atoms with Crippen LogP contribution in [0.5, 0.6) is 0 Å². The molecule has 0 aromatic heterocycles. The van der Waals surface area contributed by atoms with Crippen LogP contribution in [0.1, 0.15) is 32.6 Å². The minimum Gasteiger partial charge on any atom is -0.316 e. The molecule has 0 bridgehead atoms. The van der Waals surface area contributed by atoms with Crippen LogP contribution in [0.3, 0.4) is 0 Å². The van der Waals surface area contributed by atoms with Gasteiger partial charge < -0.3 is 5.32 Å². The Hall–Kier alpha value is 0.110. The molecule has 1 N–H and O–H groups in total. The molecule has 1 fully saturated rings. The first-order chi connectivity index (χ1) is 6.33. The number of rotatable bonds is 6. The molecule has 78 valence electrons. The summed E-state index contributed by atoms with van der Waals surface area (Å²) in [5.74, 6) is 2.55. The van der Waals surface area contributed by atoms with Crippen LogP contribution in [-0.2, 0) is 10.8 Å². The van der Waals surface area contributed by atoms with Gasteiger partial charge in [-0.05, 0) is 25.3 Å². The Morgan fingerprint density at radius 1 is 1.38 bits per heavy atom. The molecule has 1 rings (SSSR count). The Balaban J connectivity index is 2.02. The summed E-state index contributed by atoms with van der Waals surface area (Å²) in [6.07, 6.45) is 5.34. The Bertz CT molecular complexity index is 155. The average Bonchev–Trinajstić information content (AvgIpc) is 2.57. The van der Waals surface area contributed by atoms with Crippen molar-refractivity contribution < 1.29 is 4.21 Å². The molecule has 0 radical (unpaired) electrons. The summed E-state index contributed by atoms with van der Waals surface area (Å²) in [7, 11) is -0.574. The minimum absolute atomic E-state index is 0.574. The molecule has 1 aliphatic rings. The SMILES string of the molecule is CCNCCS(=O)CC1CCCC1. The summed E-state index contributed by atoms with van der Waals surface area (Å²) in [5.41, 5.74) is 0. The van der Waals surface area contributed by atoms with E-state index in [4.69, 9.17) is 0 Å². The third-order valence-electron chi connectivity index (χ3n) is 2.65. The molecule has 0 aromatic rings. The summed E-state index contributed by atoms with van der Waals surface area (Å²) in [5, 5.41) is 3.21. The highest BCUT2D eigenvalue weighted by Gasteiger charge is 2.17. The maximum absolute atomic E-state index is 11.5. The van der Waals surface area contributed by atoms with Crippen LogP contribution in [0.25, 0.3) is 0 Å². The van der Waals surface area contributed by atoms with Gasteiger partial charge in [0.15, 0.2) is 0 Å². The van der Waals surface area contributed by atoms with Gasteiger partial charge in [-0.15, -0.1) is 0 Å². The lowest BCUT2D eigenvalue weighted by Gasteiger charge is -2.08. The molecule has 0 aromatic carbocycles. The topological polar surface area (TPSA) is 29.1 Å². The van der Waals surface area contributed by atoms with Crippen molar-refractivity contribution in [2.75, 3.05) is 24.6 Å². The van der Waals surface area contributed by atoms with Gasteiger partial charge >= 0.3 is 0 Å². The molecule has 13 heavy (non-hydrogen) atoms. The van der Waals surface area contributed by atoms with Crippen LogP contribution < -0.4 is 5.32 Å². The number of nitrogens with one attached hydrogen (secondary N) is 1. The largest absolute Gasteiger partial charge is 0.316 e. The monoisotopic (exact) mass is 203 g/mol. The molecule has 0 spiro atoms. The Labute approximate surface area is 83.9 Å². The van der Waals surface area contributed by atoms with Gasteiger partial charge in [-0.2, -0.15) is 0 Å². The zero-order valence-corrected chi connectivity index (χ0v) is 9.37. The molecule has 1 atom stereocenters. The van der Waals surface area contributed by atoms with Gasteiger partial charge in [0.2, 0.25) is 0 Å². The molecule has 1 unspecified atom stereocenters. The second-order valence-corrected chi connectivity index (χ2v) is 5.44. The quantitative estimate of drug-likeness (QED) is 0.663. The van der Waals surface area contributed by atoms with E-state index in [-0.39, 0.29) is 0 Å². The first kappa shape index (κ1) is 11.2. The molecule has 0 aliphatic heterocycles. The minimum atomic E-state index is -0.574. The lowest BCUT2D eigenvalue weighted by Crippen LogP contribution is -2.22. The molecule has 0 amide bonds. The fraction of sp³-hybridized carbons (Fsp3) is 1.00. The lowest BCUT2D eigenvalue weighted by atomic mass is 10.1. The van der Waals surface area contributed by atoms with E-state index in [9.17, 15) is 4.21 Å². The zero-order valence-electron chi connectivity index (χ0n) is 8.55. The van der Waals surface area contributed by atoms with Crippen molar-refractivity contribution >= 4 is 10.8 Å². The fourth-order valence-electron chi connectivity index (χ4n) is 1.89. The van der Waals surface area contributed by atoms with E-state index >= 15 is 0 Å². The van der Waals surface area contributed by atoms with E-state index in [1.807, 2.05) is 0 Å². The average molecular weight is 203 g/mol. The summed E-state index contributed by atoms with van der Waals surface area (Å²) in [4.78, 5) is 0. The van der Waals surface area contributed by atoms with Gasteiger partial charge in [0.25, 0.3) is 0 Å². The smallest absolute Gasteiger partial charge is 0.0360 e. The second kappa shape index (κ2) is 6.55. The van der Waals surface area contributed by atoms with E-state index in [2.05, 4.69) is 12.2 Å². The standard InChI is InChI=1S/C10H21NOS/c1-2-11-7-8-13(12)9-10-5-3-4-6-10/h10-11H,2-9H2,1H3. The van der Waals surface area contributed by atoms with Gasteiger partial charge in [0, 0.05) is 28.9 Å². The van der Waals surface area contributed by atoms with E-state index in [1.54, 1.807) is 0 Å². The molecule has 0 heterocycles. The van der Waals surface area contributed by atoms with Crippen LogP contribution in [0.2, 0.25) is 0 Å². The predicted octanol–water partition coefficient (Wildman–Crippen LogP) is 1.53. The van der Waals surface area contributed by atoms with Crippen LogP contribution in [0, 0.1) is 5.92 Å². The molecule has 3 heteroatoms. The summed E-state index contributed by atoms with van der Waals surface area (Å²) in [6.45, 7) is 3.98. The summed E-state index contributed by atoms with van der Waals surface area (Å²) >= 11 is 0.